The van der Waals surface area contributed by atoms with Crippen LogP contribution in [0.15, 0.2) is 279 Å². The van der Waals surface area contributed by atoms with E-state index in [1.807, 2.05) is 6.07 Å². The molecule has 2 aliphatic rings. The Morgan fingerprint density at radius 3 is 1.21 bits per heavy atom. The highest BCUT2D eigenvalue weighted by Crippen LogP contribution is 2.56. The maximum Gasteiger partial charge on any atom is 0.252 e. The van der Waals surface area contributed by atoms with Gasteiger partial charge in [-0.25, -0.2) is 0 Å². The molecule has 14 aromatic carbocycles. The van der Waals surface area contributed by atoms with Crippen LogP contribution in [0.25, 0.3) is 121 Å². The third-order valence-electron chi connectivity index (χ3n) is 25.3. The Morgan fingerprint density at radius 1 is 0.256 bits per heavy atom. The van der Waals surface area contributed by atoms with E-state index in [1.54, 1.807) is 4.57 Å². The van der Waals surface area contributed by atoms with Crippen molar-refractivity contribution in [3.05, 3.63) is 318 Å². The standard InChI is InChI=1S/C112H109BN4/c1-106(2,3)71-50-53-97(88(60-71)69-54-72(107(4,5)6)58-73(55-69)108(7,8)9)115-100-67-98-91(82-41-28-26-39-80(82)79-38-25-27-40-81(79)86-45-35-46-87-85-44-31-34-49-96(85)116(98)104(86)87)66-93(100)113-92-52-51-78(114-94-47-32-29-42-83(94)84-43-30-33-48-95(84)114)65-99(92)117(102-64-77(112(19,20)21)63-101(115)103(102)113)105-89(68-36-23-22-24-37-68)61-76(111(16,17)18)62-90(105)70-56-74(109(10,11)12)59-75(57-70)110(13,14)15/h22-67H,1-21H3/i29D,30D,32D,33D,42D,43D,47D,48D. The molecule has 0 bridgehead atoms. The summed E-state index contributed by atoms with van der Waals surface area (Å²) in [4.78, 5) is 5.20. The summed E-state index contributed by atoms with van der Waals surface area (Å²) >= 11 is 0. The molecular formula is C112H109BN4. The molecule has 0 fully saturated rings. The van der Waals surface area contributed by atoms with Crippen LogP contribution in [0.3, 0.4) is 0 Å². The Labute approximate surface area is 704 Å². The van der Waals surface area contributed by atoms with E-state index in [0.29, 0.717) is 5.69 Å². The zero-order valence-corrected chi connectivity index (χ0v) is 71.8. The Kier molecular flexibility index (Phi) is 15.0. The van der Waals surface area contributed by atoms with Gasteiger partial charge in [-0.1, -0.05) is 352 Å². The lowest BCUT2D eigenvalue weighted by Crippen LogP contribution is -2.61. The van der Waals surface area contributed by atoms with Crippen molar-refractivity contribution in [2.45, 2.75) is 183 Å². The fourth-order valence-electron chi connectivity index (χ4n) is 18.7. The molecule has 0 spiro atoms. The van der Waals surface area contributed by atoms with Crippen LogP contribution in [-0.2, 0) is 37.9 Å². The summed E-state index contributed by atoms with van der Waals surface area (Å²) in [7, 11) is 0. The molecule has 0 saturated carbocycles. The second-order valence-corrected chi connectivity index (χ2v) is 40.5. The van der Waals surface area contributed by atoms with Crippen LogP contribution in [-0.4, -0.2) is 15.7 Å². The van der Waals surface area contributed by atoms with Gasteiger partial charge in [0, 0.05) is 77.4 Å². The first kappa shape index (κ1) is 66.5. The van der Waals surface area contributed by atoms with Crippen LogP contribution >= 0.6 is 0 Å². The van der Waals surface area contributed by atoms with E-state index in [2.05, 4.69) is 384 Å². The molecule has 0 saturated heterocycles. The van der Waals surface area contributed by atoms with Gasteiger partial charge in [0.25, 0.3) is 6.71 Å². The quantitative estimate of drug-likeness (QED) is 0.154. The van der Waals surface area contributed by atoms with Gasteiger partial charge in [-0.05, 0) is 204 Å². The number of hydrogen-bond acceptors (Lipinski definition) is 2. The second-order valence-electron chi connectivity index (χ2n) is 40.5. The Hall–Kier alpha value is -11.7. The average molecular weight is 1530 g/mol. The van der Waals surface area contributed by atoms with Crippen LogP contribution in [0.1, 0.15) is 195 Å². The topological polar surface area (TPSA) is 15.8 Å². The predicted octanol–water partition coefficient (Wildman–Crippen LogP) is 29.5. The summed E-state index contributed by atoms with van der Waals surface area (Å²) < 4.78 is 81.7. The third kappa shape index (κ3) is 12.4. The van der Waals surface area contributed by atoms with Gasteiger partial charge in [-0.3, -0.25) is 0 Å². The van der Waals surface area contributed by atoms with E-state index >= 15 is 0 Å². The molecule has 117 heavy (non-hydrogen) atoms. The molecule has 0 N–H and O–H groups in total. The molecule has 19 rings (SSSR count). The lowest BCUT2D eigenvalue weighted by atomic mass is 9.33. The van der Waals surface area contributed by atoms with Crippen molar-refractivity contribution in [2.24, 2.45) is 0 Å². The molecular weight excluding hydrogens is 1410 g/mol. The van der Waals surface area contributed by atoms with Crippen LogP contribution in [0, 0.1) is 0 Å². The lowest BCUT2D eigenvalue weighted by molar-refractivity contribution is 0.568. The van der Waals surface area contributed by atoms with Gasteiger partial charge in [0.05, 0.1) is 49.9 Å². The van der Waals surface area contributed by atoms with Gasteiger partial charge in [-0.2, -0.15) is 0 Å². The van der Waals surface area contributed by atoms with Crippen molar-refractivity contribution < 1.29 is 11.0 Å². The van der Waals surface area contributed by atoms with Gasteiger partial charge < -0.3 is 18.8 Å². The minimum Gasteiger partial charge on any atom is -0.311 e. The van der Waals surface area contributed by atoms with Crippen molar-refractivity contribution >= 4 is 139 Å². The maximum atomic E-state index is 10.1. The molecule has 3 aromatic heterocycles. The minimum atomic E-state index is -0.581. The van der Waals surface area contributed by atoms with E-state index in [0.717, 1.165) is 155 Å². The molecule has 4 nitrogen and oxygen atoms in total. The van der Waals surface area contributed by atoms with Crippen LogP contribution in [0.2, 0.25) is 0 Å². The van der Waals surface area contributed by atoms with Crippen LogP contribution in [0.4, 0.5) is 34.1 Å². The lowest BCUT2D eigenvalue weighted by Gasteiger charge is -2.46. The van der Waals surface area contributed by atoms with E-state index < -0.39 is 48.4 Å². The molecule has 17 aromatic rings. The van der Waals surface area contributed by atoms with Crippen LogP contribution in [0.5, 0.6) is 0 Å². The maximum absolute atomic E-state index is 10.1. The third-order valence-corrected chi connectivity index (χ3v) is 25.3. The SMILES string of the molecule is [2H]c1c([2H])c([2H])c2c(c1[2H])c1c([2H])c([2H])c([2H])c([2H])c1n2-c1ccc2c(c1)N(c1c(-c3ccccc3)cc(C(C)(C)C)cc1-c1cc(C(C)(C)C)cc(C(C)(C)C)c1)c1cc(C(C)(C)C)cc3c1B2c1cc2c4ccccc4c4ccccc4c4cccc5c6ccccc6n(c2cc1N3c1ccc(C(C)(C)C)cc1-c1cc(C(C)(C)C)cc(C(C)(C)C)c1)c45. The summed E-state index contributed by atoms with van der Waals surface area (Å²) in [5, 5.41) is 8.89. The Bertz CT molecular complexity index is 7420. The molecule has 0 unspecified atom stereocenters. The summed E-state index contributed by atoms with van der Waals surface area (Å²) in [6, 6.07) is 84.2. The van der Waals surface area contributed by atoms with Gasteiger partial charge in [0.15, 0.2) is 0 Å². The summed E-state index contributed by atoms with van der Waals surface area (Å²) in [6.45, 7) is 48.1. The van der Waals surface area contributed by atoms with Gasteiger partial charge in [-0.15, -0.1) is 0 Å². The molecule has 0 amide bonds. The Morgan fingerprint density at radius 2 is 0.675 bits per heavy atom. The molecule has 2 aliphatic heterocycles. The molecule has 5 heterocycles. The highest BCUT2D eigenvalue weighted by atomic mass is 15.2. The molecule has 0 atom stereocenters. The molecule has 0 aliphatic carbocycles. The van der Waals surface area contributed by atoms with E-state index in [4.69, 9.17) is 0 Å². The first-order valence-corrected chi connectivity index (χ1v) is 41.8. The van der Waals surface area contributed by atoms with Crippen molar-refractivity contribution in [3.8, 4) is 39.1 Å². The van der Waals surface area contributed by atoms with Gasteiger partial charge >= 0.3 is 0 Å². The number of rotatable bonds is 6. The van der Waals surface area contributed by atoms with E-state index in [-0.39, 0.29) is 66.4 Å². The predicted molar refractivity (Wildman–Crippen MR) is 509 cm³/mol. The highest BCUT2D eigenvalue weighted by molar-refractivity contribution is 7.00. The largest absolute Gasteiger partial charge is 0.311 e. The zero-order chi connectivity index (χ0) is 88.8. The fourth-order valence-corrected chi connectivity index (χ4v) is 18.7. The Balaban J connectivity index is 1.09. The van der Waals surface area contributed by atoms with Crippen molar-refractivity contribution in [1.29, 1.82) is 0 Å². The number of aromatic nitrogens is 2. The fraction of sp³-hybridized carbons (Fsp3) is 0.250. The van der Waals surface area contributed by atoms with Gasteiger partial charge in [0.1, 0.15) is 0 Å². The number of hydrogen-bond donors (Lipinski definition) is 0. The summed E-state index contributed by atoms with van der Waals surface area (Å²) in [6.07, 6.45) is 0. The second kappa shape index (κ2) is 26.4. The normalized spacial score (nSPS) is 14.6. The van der Waals surface area contributed by atoms with Crippen LogP contribution < -0.4 is 26.2 Å². The number of benzene rings is 14. The first-order chi connectivity index (χ1) is 58.8. The monoisotopic (exact) mass is 1530 g/mol. The summed E-state index contributed by atoms with van der Waals surface area (Å²) in [5.41, 5.74) is 24.7. The van der Waals surface area contributed by atoms with Crippen molar-refractivity contribution in [1.82, 2.24) is 8.97 Å². The zero-order valence-electron chi connectivity index (χ0n) is 79.8. The van der Waals surface area contributed by atoms with Gasteiger partial charge in [0.2, 0.25) is 0 Å². The molecule has 580 valence electrons. The van der Waals surface area contributed by atoms with Crippen molar-refractivity contribution in [3.63, 3.8) is 0 Å². The first-order valence-electron chi connectivity index (χ1n) is 45.8. The highest BCUT2D eigenvalue weighted by Gasteiger charge is 2.47. The number of para-hydroxylation sites is 4. The molecule has 5 heteroatoms. The smallest absolute Gasteiger partial charge is 0.252 e. The van der Waals surface area contributed by atoms with Crippen molar-refractivity contribution in [2.75, 3.05) is 9.80 Å². The average Bonchev–Trinajstić information content (AvgIpc) is 1.46. The minimum absolute atomic E-state index is 0.0127. The van der Waals surface area contributed by atoms with E-state index in [1.165, 1.54) is 27.8 Å². The number of anilines is 6. The number of fused-ring (bicyclic) bond motifs is 17. The summed E-state index contributed by atoms with van der Waals surface area (Å²) in [5.74, 6) is 0. The number of nitrogens with zero attached hydrogens (tertiary/aromatic N) is 4. The molecule has 0 radical (unpaired) electrons. The van der Waals surface area contributed by atoms with E-state index in [9.17, 15) is 11.0 Å².